The molecule has 1 nitrogen and oxygen atoms in total. The van der Waals surface area contributed by atoms with Crippen LogP contribution < -0.4 is 0 Å². The predicted octanol–water partition coefficient (Wildman–Crippen LogP) is 8.51. The average molecular weight is 417 g/mol. The number of fused-ring (bicyclic) bond motifs is 5. The maximum atomic E-state index is 6.00. The summed E-state index contributed by atoms with van der Waals surface area (Å²) in [7, 11) is 1.95. The highest BCUT2D eigenvalue weighted by Gasteiger charge is 2.63. The second-order valence-electron chi connectivity index (χ2n) is 13.3. The predicted molar refractivity (Wildman–Crippen MR) is 128 cm³/mol. The lowest BCUT2D eigenvalue weighted by Crippen LogP contribution is -2.59. The molecule has 30 heavy (non-hydrogen) atoms. The van der Waals surface area contributed by atoms with Gasteiger partial charge in [0.2, 0.25) is 0 Å². The van der Waals surface area contributed by atoms with Gasteiger partial charge < -0.3 is 4.74 Å². The van der Waals surface area contributed by atoms with Gasteiger partial charge in [-0.3, -0.25) is 0 Å². The SMILES string of the molecule is CCCCCC(C)C1CCC2C3CCC4C(C)(C)C(OC)CCC4(C)C3CCC12C. The molecule has 0 radical (unpaired) electrons. The van der Waals surface area contributed by atoms with Gasteiger partial charge in [-0.2, -0.15) is 0 Å². The van der Waals surface area contributed by atoms with Gasteiger partial charge in [-0.1, -0.05) is 67.2 Å². The van der Waals surface area contributed by atoms with Crippen LogP contribution >= 0.6 is 0 Å². The topological polar surface area (TPSA) is 9.23 Å². The molecule has 0 spiro atoms. The Bertz CT molecular complexity index is 595. The molecule has 0 bridgehead atoms. The maximum Gasteiger partial charge on any atom is 0.0625 e. The van der Waals surface area contributed by atoms with Crippen LogP contribution in [0, 0.1) is 51.8 Å². The highest BCUT2D eigenvalue weighted by Crippen LogP contribution is 2.70. The Morgan fingerprint density at radius 1 is 0.833 bits per heavy atom. The standard InChI is InChI=1S/C29H52O/c1-8-9-10-11-20(2)22-13-14-23-21-12-15-25-27(3,4)26(30-7)17-19-29(25,6)24(21)16-18-28(22,23)5/h20-26H,8-19H2,1-7H3. The van der Waals surface area contributed by atoms with Gasteiger partial charge in [-0.05, 0) is 103 Å². The normalized spacial score (nSPS) is 48.5. The summed E-state index contributed by atoms with van der Waals surface area (Å²) in [5.74, 6) is 5.77. The second-order valence-corrected chi connectivity index (χ2v) is 13.3. The van der Waals surface area contributed by atoms with Crippen LogP contribution in [0.3, 0.4) is 0 Å². The van der Waals surface area contributed by atoms with E-state index in [0.29, 0.717) is 22.3 Å². The van der Waals surface area contributed by atoms with Crippen LogP contribution in [0.15, 0.2) is 0 Å². The van der Waals surface area contributed by atoms with Gasteiger partial charge in [0.25, 0.3) is 0 Å². The lowest BCUT2D eigenvalue weighted by atomic mass is 9.41. The zero-order chi connectivity index (χ0) is 21.7. The number of hydrogen-bond acceptors (Lipinski definition) is 1. The molecule has 4 aliphatic carbocycles. The van der Waals surface area contributed by atoms with Gasteiger partial charge in [0.15, 0.2) is 0 Å². The summed E-state index contributed by atoms with van der Waals surface area (Å²) >= 11 is 0. The maximum absolute atomic E-state index is 6.00. The van der Waals surface area contributed by atoms with E-state index < -0.39 is 0 Å². The third kappa shape index (κ3) is 3.43. The van der Waals surface area contributed by atoms with Crippen molar-refractivity contribution < 1.29 is 4.74 Å². The van der Waals surface area contributed by atoms with E-state index in [0.717, 1.165) is 35.5 Å². The van der Waals surface area contributed by atoms with Crippen LogP contribution in [0.1, 0.15) is 119 Å². The van der Waals surface area contributed by atoms with Crippen LogP contribution in [0.4, 0.5) is 0 Å². The molecule has 0 heterocycles. The number of unbranched alkanes of at least 4 members (excludes halogenated alkanes) is 2. The number of ether oxygens (including phenoxy) is 1. The molecule has 0 amide bonds. The zero-order valence-electron chi connectivity index (χ0n) is 21.4. The summed E-state index contributed by atoms with van der Waals surface area (Å²) in [5, 5.41) is 0. The van der Waals surface area contributed by atoms with Crippen molar-refractivity contribution in [1.29, 1.82) is 0 Å². The van der Waals surface area contributed by atoms with Crippen molar-refractivity contribution >= 4 is 0 Å². The molecule has 174 valence electrons. The first-order valence-corrected chi connectivity index (χ1v) is 13.7. The average Bonchev–Trinajstić information content (AvgIpc) is 3.05. The molecule has 0 saturated heterocycles. The van der Waals surface area contributed by atoms with Gasteiger partial charge in [0.1, 0.15) is 0 Å². The quantitative estimate of drug-likeness (QED) is 0.394. The van der Waals surface area contributed by atoms with Gasteiger partial charge in [0.05, 0.1) is 6.10 Å². The lowest BCUT2D eigenvalue weighted by molar-refractivity contribution is -0.185. The Morgan fingerprint density at radius 3 is 2.23 bits per heavy atom. The van der Waals surface area contributed by atoms with E-state index in [9.17, 15) is 0 Å². The molecule has 9 atom stereocenters. The monoisotopic (exact) mass is 416 g/mol. The van der Waals surface area contributed by atoms with Crippen molar-refractivity contribution in [3.63, 3.8) is 0 Å². The van der Waals surface area contributed by atoms with Crippen molar-refractivity contribution in [2.45, 2.75) is 125 Å². The Kier molecular flexibility index (Phi) is 6.47. The molecule has 0 aliphatic heterocycles. The fourth-order valence-corrected chi connectivity index (χ4v) is 10.4. The Labute approximate surface area is 188 Å². The fourth-order valence-electron chi connectivity index (χ4n) is 10.4. The van der Waals surface area contributed by atoms with Crippen LogP contribution in [-0.2, 0) is 4.74 Å². The van der Waals surface area contributed by atoms with E-state index in [-0.39, 0.29) is 0 Å². The molecule has 4 rings (SSSR count). The van der Waals surface area contributed by atoms with E-state index in [1.807, 2.05) is 7.11 Å². The van der Waals surface area contributed by atoms with Crippen LogP contribution in [0.2, 0.25) is 0 Å². The van der Waals surface area contributed by atoms with Crippen molar-refractivity contribution in [1.82, 2.24) is 0 Å². The summed E-state index contributed by atoms with van der Waals surface area (Å²) < 4.78 is 6.00. The first-order valence-electron chi connectivity index (χ1n) is 13.7. The third-order valence-electron chi connectivity index (χ3n) is 11.8. The molecule has 0 aromatic carbocycles. The molecule has 0 N–H and O–H groups in total. The fraction of sp³-hybridized carbons (Fsp3) is 1.00. The third-order valence-corrected chi connectivity index (χ3v) is 11.8. The smallest absolute Gasteiger partial charge is 0.0625 e. The van der Waals surface area contributed by atoms with Gasteiger partial charge in [0, 0.05) is 7.11 Å². The first kappa shape index (κ1) is 23.1. The number of rotatable bonds is 6. The highest BCUT2D eigenvalue weighted by molar-refractivity contribution is 5.12. The molecule has 4 saturated carbocycles. The van der Waals surface area contributed by atoms with E-state index in [1.165, 1.54) is 77.0 Å². The molecule has 0 aromatic rings. The number of methoxy groups -OCH3 is 1. The van der Waals surface area contributed by atoms with Gasteiger partial charge in [-0.15, -0.1) is 0 Å². The molecule has 1 heteroatoms. The molecule has 4 fully saturated rings. The van der Waals surface area contributed by atoms with Crippen molar-refractivity contribution in [3.05, 3.63) is 0 Å². The zero-order valence-corrected chi connectivity index (χ0v) is 21.4. The molecule has 0 aromatic heterocycles. The molecular formula is C29H52O. The highest BCUT2D eigenvalue weighted by atomic mass is 16.5. The lowest BCUT2D eigenvalue weighted by Gasteiger charge is -2.65. The largest absolute Gasteiger partial charge is 0.381 e. The minimum Gasteiger partial charge on any atom is -0.381 e. The summed E-state index contributed by atoms with van der Waals surface area (Å²) in [6.07, 6.45) is 17.9. The minimum absolute atomic E-state index is 0.333. The minimum atomic E-state index is 0.333. The van der Waals surface area contributed by atoms with E-state index in [4.69, 9.17) is 4.74 Å². The van der Waals surface area contributed by atoms with Crippen molar-refractivity contribution in [3.8, 4) is 0 Å². The summed E-state index contributed by atoms with van der Waals surface area (Å²) in [6, 6.07) is 0. The van der Waals surface area contributed by atoms with E-state index in [1.54, 1.807) is 0 Å². The summed E-state index contributed by atoms with van der Waals surface area (Å²) in [4.78, 5) is 0. The van der Waals surface area contributed by atoms with E-state index in [2.05, 4.69) is 41.5 Å². The van der Waals surface area contributed by atoms with Crippen molar-refractivity contribution in [2.75, 3.05) is 7.11 Å². The van der Waals surface area contributed by atoms with Crippen molar-refractivity contribution in [2.24, 2.45) is 51.8 Å². The Balaban J connectivity index is 1.52. The van der Waals surface area contributed by atoms with Crippen LogP contribution in [0.5, 0.6) is 0 Å². The van der Waals surface area contributed by atoms with Gasteiger partial charge >= 0.3 is 0 Å². The first-order chi connectivity index (χ1) is 14.2. The molecular weight excluding hydrogens is 364 g/mol. The summed E-state index contributed by atoms with van der Waals surface area (Å²) in [6.45, 7) is 15.5. The molecule has 4 aliphatic rings. The van der Waals surface area contributed by atoms with Crippen LogP contribution in [-0.4, -0.2) is 13.2 Å². The summed E-state index contributed by atoms with van der Waals surface area (Å²) in [5.41, 5.74) is 1.52. The van der Waals surface area contributed by atoms with Crippen LogP contribution in [0.25, 0.3) is 0 Å². The van der Waals surface area contributed by atoms with E-state index >= 15 is 0 Å². The number of hydrogen-bond donors (Lipinski definition) is 0. The Morgan fingerprint density at radius 2 is 1.53 bits per heavy atom. The second kappa shape index (κ2) is 8.39. The Hall–Kier alpha value is -0.0400. The molecule has 9 unspecified atom stereocenters. The van der Waals surface area contributed by atoms with Gasteiger partial charge in [-0.25, -0.2) is 0 Å².